The van der Waals surface area contributed by atoms with E-state index in [0.29, 0.717) is 0 Å². The van der Waals surface area contributed by atoms with Gasteiger partial charge in [-0.2, -0.15) is 0 Å². The van der Waals surface area contributed by atoms with E-state index < -0.39 is 42.8 Å². The lowest BCUT2D eigenvalue weighted by Gasteiger charge is -2.14. The molecule has 2 unspecified atom stereocenters. The molecule has 0 aromatic heterocycles. The van der Waals surface area contributed by atoms with Gasteiger partial charge in [0.2, 0.25) is 0 Å². The van der Waals surface area contributed by atoms with Gasteiger partial charge >= 0.3 is 0 Å². The molecule has 0 aliphatic carbocycles. The third-order valence-electron chi connectivity index (χ3n) is 3.29. The van der Waals surface area contributed by atoms with Crippen LogP contribution in [0.1, 0.15) is 38.0 Å². The first kappa shape index (κ1) is 18.2. The van der Waals surface area contributed by atoms with E-state index in [4.69, 9.17) is 0 Å². The molecule has 3 nitrogen and oxygen atoms in total. The lowest BCUT2D eigenvalue weighted by molar-refractivity contribution is 0.553. The molecule has 1 aromatic carbocycles. The molecule has 0 bridgehead atoms. The van der Waals surface area contributed by atoms with Gasteiger partial charge in [0.15, 0.2) is 9.84 Å². The van der Waals surface area contributed by atoms with Gasteiger partial charge in [-0.25, -0.2) is 17.2 Å². The minimum atomic E-state index is -3.18. The Balaban J connectivity index is 2.69. The molecule has 1 rings (SSSR count). The third-order valence-corrected chi connectivity index (χ3v) is 7.30. The zero-order valence-electron chi connectivity index (χ0n) is 12.3. The van der Waals surface area contributed by atoms with Crippen LogP contribution in [0.5, 0.6) is 0 Å². The molecule has 0 aliphatic heterocycles. The summed E-state index contributed by atoms with van der Waals surface area (Å²) in [6.45, 7) is 4.65. The van der Waals surface area contributed by atoms with Crippen molar-refractivity contribution in [2.24, 2.45) is 0 Å². The Morgan fingerprint density at radius 1 is 1.14 bits per heavy atom. The van der Waals surface area contributed by atoms with Crippen molar-refractivity contribution in [3.8, 4) is 0 Å². The maximum Gasteiger partial charge on any atom is 0.152 e. The van der Waals surface area contributed by atoms with Gasteiger partial charge in [0.25, 0.3) is 0 Å². The molecule has 120 valence electrons. The fraction of sp³-hybridized carbons (Fsp3) is 0.571. The van der Waals surface area contributed by atoms with Crippen LogP contribution in [0, 0.1) is 11.6 Å². The smallest absolute Gasteiger partial charge is 0.152 e. The van der Waals surface area contributed by atoms with Crippen molar-refractivity contribution < 1.29 is 21.4 Å². The highest BCUT2D eigenvalue weighted by Gasteiger charge is 2.22. The number of halogens is 2. The summed E-state index contributed by atoms with van der Waals surface area (Å²) in [7, 11) is -4.71. The van der Waals surface area contributed by atoms with Gasteiger partial charge in [0.1, 0.15) is 11.6 Å². The topological polar surface area (TPSA) is 51.2 Å². The van der Waals surface area contributed by atoms with Gasteiger partial charge < -0.3 is 0 Å². The van der Waals surface area contributed by atoms with E-state index in [2.05, 4.69) is 0 Å². The minimum absolute atomic E-state index is 0.0666. The quantitative estimate of drug-likeness (QED) is 0.768. The molecule has 21 heavy (non-hydrogen) atoms. The molecule has 1 aromatic rings. The van der Waals surface area contributed by atoms with Crippen molar-refractivity contribution in [2.45, 2.75) is 37.7 Å². The summed E-state index contributed by atoms with van der Waals surface area (Å²) in [5.74, 6) is -1.43. The first-order chi connectivity index (χ1) is 9.66. The first-order valence-electron chi connectivity index (χ1n) is 6.69. The van der Waals surface area contributed by atoms with Crippen LogP contribution in [0.2, 0.25) is 0 Å². The molecule has 7 heteroatoms. The van der Waals surface area contributed by atoms with Gasteiger partial charge in [-0.15, -0.1) is 0 Å². The second-order valence-corrected chi connectivity index (χ2v) is 9.69. The van der Waals surface area contributed by atoms with Crippen LogP contribution in [0.3, 0.4) is 0 Å². The van der Waals surface area contributed by atoms with Crippen molar-refractivity contribution in [1.29, 1.82) is 0 Å². The van der Waals surface area contributed by atoms with E-state index in [9.17, 15) is 21.4 Å². The van der Waals surface area contributed by atoms with Crippen LogP contribution in [-0.2, 0) is 20.6 Å². The molecule has 0 heterocycles. The van der Waals surface area contributed by atoms with Gasteiger partial charge in [-0.3, -0.25) is 4.21 Å². The Bertz CT molecular complexity index is 592. The maximum atomic E-state index is 13.6. The predicted octanol–water partition coefficient (Wildman–Crippen LogP) is 2.99. The number of hydrogen-bond donors (Lipinski definition) is 0. The van der Waals surface area contributed by atoms with Crippen molar-refractivity contribution >= 4 is 20.6 Å². The first-order valence-corrected chi connectivity index (χ1v) is 9.79. The normalized spacial score (nSPS) is 15.1. The molecule has 0 aliphatic rings. The fourth-order valence-electron chi connectivity index (χ4n) is 1.85. The van der Waals surface area contributed by atoms with Crippen LogP contribution in [-0.4, -0.2) is 29.4 Å². The molecule has 2 atom stereocenters. The Morgan fingerprint density at radius 2 is 1.67 bits per heavy atom. The van der Waals surface area contributed by atoms with Crippen LogP contribution in [0.15, 0.2) is 18.2 Å². The Morgan fingerprint density at radius 3 is 2.14 bits per heavy atom. The Kier molecular flexibility index (Phi) is 6.46. The van der Waals surface area contributed by atoms with Crippen LogP contribution < -0.4 is 0 Å². The monoisotopic (exact) mass is 338 g/mol. The predicted molar refractivity (Wildman–Crippen MR) is 81.3 cm³/mol. The SMILES string of the molecule is CC(c1c(F)cccc1F)S(=O)CCCS(=O)(=O)C(C)C. The van der Waals surface area contributed by atoms with E-state index >= 15 is 0 Å². The summed E-state index contributed by atoms with van der Waals surface area (Å²) < 4.78 is 62.6. The fourth-order valence-corrected chi connectivity index (χ4v) is 4.32. The van der Waals surface area contributed by atoms with Gasteiger partial charge in [0.05, 0.1) is 16.3 Å². The Hall–Kier alpha value is -0.820. The molecule has 0 fully saturated rings. The van der Waals surface area contributed by atoms with Crippen molar-refractivity contribution in [3.05, 3.63) is 35.4 Å². The Labute approximate surface area is 127 Å². The van der Waals surface area contributed by atoms with Crippen LogP contribution >= 0.6 is 0 Å². The number of rotatable bonds is 7. The van der Waals surface area contributed by atoms with Gasteiger partial charge in [-0.1, -0.05) is 6.07 Å². The number of benzene rings is 1. The lowest BCUT2D eigenvalue weighted by atomic mass is 10.1. The largest absolute Gasteiger partial charge is 0.259 e. The van der Waals surface area contributed by atoms with E-state index in [1.807, 2.05) is 0 Å². The van der Waals surface area contributed by atoms with Gasteiger partial charge in [0, 0.05) is 22.1 Å². The molecule has 0 saturated carbocycles. The molecular formula is C14H20F2O3S2. The molecular weight excluding hydrogens is 318 g/mol. The van der Waals surface area contributed by atoms with Gasteiger partial charge in [-0.05, 0) is 39.3 Å². The standard InChI is InChI=1S/C14H20F2O3S2/c1-10(2)21(18,19)9-5-8-20(17)11(3)14-12(15)6-4-7-13(14)16/h4,6-7,10-11H,5,8-9H2,1-3H3. The van der Waals surface area contributed by atoms with E-state index in [1.165, 1.54) is 13.0 Å². The summed E-state index contributed by atoms with van der Waals surface area (Å²) in [6.07, 6.45) is 0.216. The summed E-state index contributed by atoms with van der Waals surface area (Å²) in [4.78, 5) is 0. The highest BCUT2D eigenvalue weighted by Crippen LogP contribution is 2.25. The van der Waals surface area contributed by atoms with Crippen LogP contribution in [0.25, 0.3) is 0 Å². The van der Waals surface area contributed by atoms with Crippen molar-refractivity contribution in [3.63, 3.8) is 0 Å². The summed E-state index contributed by atoms with van der Waals surface area (Å²) in [5.41, 5.74) is -0.206. The number of sulfone groups is 1. The molecule has 0 amide bonds. The summed E-state index contributed by atoms with van der Waals surface area (Å²) in [6, 6.07) is 3.49. The molecule has 0 radical (unpaired) electrons. The summed E-state index contributed by atoms with van der Waals surface area (Å²) >= 11 is 0. The lowest BCUT2D eigenvalue weighted by Crippen LogP contribution is -2.20. The third kappa shape index (κ3) is 4.85. The molecule has 0 saturated heterocycles. The second kappa shape index (κ2) is 7.45. The average Bonchev–Trinajstić information content (AvgIpc) is 2.37. The van der Waals surface area contributed by atoms with Crippen LogP contribution in [0.4, 0.5) is 8.78 Å². The number of hydrogen-bond acceptors (Lipinski definition) is 3. The average molecular weight is 338 g/mol. The molecule has 0 spiro atoms. The minimum Gasteiger partial charge on any atom is -0.259 e. The van der Waals surface area contributed by atoms with E-state index in [0.717, 1.165) is 12.1 Å². The van der Waals surface area contributed by atoms with E-state index in [-0.39, 0.29) is 23.5 Å². The highest BCUT2D eigenvalue weighted by atomic mass is 32.2. The van der Waals surface area contributed by atoms with E-state index in [1.54, 1.807) is 13.8 Å². The highest BCUT2D eigenvalue weighted by molar-refractivity contribution is 7.92. The summed E-state index contributed by atoms with van der Waals surface area (Å²) in [5, 5.41) is -1.29. The zero-order valence-corrected chi connectivity index (χ0v) is 13.9. The maximum absolute atomic E-state index is 13.6. The zero-order chi connectivity index (χ0) is 16.2. The van der Waals surface area contributed by atoms with Crippen molar-refractivity contribution in [2.75, 3.05) is 11.5 Å². The van der Waals surface area contributed by atoms with Crippen molar-refractivity contribution in [1.82, 2.24) is 0 Å². The second-order valence-electron chi connectivity index (χ2n) is 5.13. The molecule has 0 N–H and O–H groups in total.